The fourth-order valence-electron chi connectivity index (χ4n) is 2.50. The zero-order valence-corrected chi connectivity index (χ0v) is 13.4. The van der Waals surface area contributed by atoms with Gasteiger partial charge in [-0.3, -0.25) is 4.90 Å². The Bertz CT molecular complexity index is 422. The summed E-state index contributed by atoms with van der Waals surface area (Å²) in [7, 11) is 0. The van der Waals surface area contributed by atoms with Crippen molar-refractivity contribution >= 4 is 15.9 Å². The molecular formula is C15H22BrFN2. The first-order valence-electron chi connectivity index (χ1n) is 6.75. The molecule has 1 aromatic carbocycles. The number of nitrogens with zero attached hydrogens (tertiary/aromatic N) is 1. The summed E-state index contributed by atoms with van der Waals surface area (Å²) in [6, 6.07) is 5.60. The quantitative estimate of drug-likeness (QED) is 0.895. The summed E-state index contributed by atoms with van der Waals surface area (Å²) >= 11 is 3.35. The molecule has 2 nitrogen and oxygen atoms in total. The third-order valence-corrected chi connectivity index (χ3v) is 4.09. The molecule has 19 heavy (non-hydrogen) atoms. The summed E-state index contributed by atoms with van der Waals surface area (Å²) in [5, 5.41) is 3.57. The molecule has 0 amide bonds. The Morgan fingerprint density at radius 3 is 2.74 bits per heavy atom. The van der Waals surface area contributed by atoms with E-state index in [0.717, 1.165) is 36.2 Å². The lowest BCUT2D eigenvalue weighted by Crippen LogP contribution is -2.55. The van der Waals surface area contributed by atoms with Crippen LogP contribution in [-0.2, 0) is 6.54 Å². The van der Waals surface area contributed by atoms with E-state index in [1.807, 2.05) is 6.07 Å². The lowest BCUT2D eigenvalue weighted by Gasteiger charge is -2.40. The monoisotopic (exact) mass is 328 g/mol. The van der Waals surface area contributed by atoms with E-state index in [2.05, 4.69) is 46.9 Å². The maximum Gasteiger partial charge on any atom is 0.124 e. The van der Waals surface area contributed by atoms with E-state index in [9.17, 15) is 4.39 Å². The van der Waals surface area contributed by atoms with Crippen LogP contribution in [-0.4, -0.2) is 30.6 Å². The number of hydrogen-bond acceptors (Lipinski definition) is 2. The van der Waals surface area contributed by atoms with E-state index in [1.165, 1.54) is 6.07 Å². The number of nitrogens with one attached hydrogen (secondary N) is 1. The Morgan fingerprint density at radius 2 is 2.11 bits per heavy atom. The number of benzene rings is 1. The topological polar surface area (TPSA) is 15.3 Å². The minimum atomic E-state index is -0.174. The van der Waals surface area contributed by atoms with Crippen LogP contribution in [0.1, 0.15) is 26.3 Å². The van der Waals surface area contributed by atoms with Gasteiger partial charge in [-0.1, -0.05) is 36.7 Å². The highest BCUT2D eigenvalue weighted by Gasteiger charge is 2.29. The first-order valence-corrected chi connectivity index (χ1v) is 7.54. The summed E-state index contributed by atoms with van der Waals surface area (Å²) in [6.07, 6.45) is 0. The minimum absolute atomic E-state index is 0.174. The van der Waals surface area contributed by atoms with Crippen LogP contribution >= 0.6 is 15.9 Å². The second kappa shape index (κ2) is 5.90. The molecule has 1 unspecified atom stereocenters. The normalized spacial score (nSPS) is 21.6. The molecule has 1 aliphatic heterocycles. The second-order valence-electron chi connectivity index (χ2n) is 6.39. The zero-order valence-electron chi connectivity index (χ0n) is 11.8. The van der Waals surface area contributed by atoms with Gasteiger partial charge in [0, 0.05) is 36.7 Å². The summed E-state index contributed by atoms with van der Waals surface area (Å²) in [6.45, 7) is 10.6. The summed E-state index contributed by atoms with van der Waals surface area (Å²) < 4.78 is 14.2. The molecular weight excluding hydrogens is 307 g/mol. The van der Waals surface area contributed by atoms with E-state index < -0.39 is 0 Å². The molecule has 1 N–H and O–H groups in total. The Hall–Kier alpha value is -0.450. The van der Waals surface area contributed by atoms with Crippen LogP contribution in [0.25, 0.3) is 0 Å². The molecule has 1 fully saturated rings. The molecule has 2 rings (SSSR count). The van der Waals surface area contributed by atoms with Gasteiger partial charge in [-0.25, -0.2) is 4.39 Å². The third kappa shape index (κ3) is 4.26. The van der Waals surface area contributed by atoms with Gasteiger partial charge in [0.05, 0.1) is 0 Å². The van der Waals surface area contributed by atoms with Crippen molar-refractivity contribution in [2.24, 2.45) is 5.41 Å². The molecule has 1 saturated heterocycles. The van der Waals surface area contributed by atoms with Gasteiger partial charge in [-0.15, -0.1) is 0 Å². The van der Waals surface area contributed by atoms with E-state index in [1.54, 1.807) is 6.07 Å². The van der Waals surface area contributed by atoms with Crippen LogP contribution in [0.3, 0.4) is 0 Å². The lowest BCUT2D eigenvalue weighted by molar-refractivity contribution is 0.129. The van der Waals surface area contributed by atoms with Crippen molar-refractivity contribution in [3.63, 3.8) is 0 Å². The molecule has 4 heteroatoms. The lowest BCUT2D eigenvalue weighted by atomic mass is 9.85. The van der Waals surface area contributed by atoms with Crippen LogP contribution in [0.5, 0.6) is 0 Å². The smallest absolute Gasteiger partial charge is 0.124 e. The minimum Gasteiger partial charge on any atom is -0.311 e. The molecule has 0 bridgehead atoms. The molecule has 0 radical (unpaired) electrons. The SMILES string of the molecule is CC(C)(C)C1CN(Cc2cc(F)cc(Br)c2)CCN1. The van der Waals surface area contributed by atoms with Gasteiger partial charge in [0.25, 0.3) is 0 Å². The van der Waals surface area contributed by atoms with Crippen molar-refractivity contribution < 1.29 is 4.39 Å². The maximum absolute atomic E-state index is 13.4. The fourth-order valence-corrected chi connectivity index (χ4v) is 3.01. The molecule has 1 aliphatic rings. The van der Waals surface area contributed by atoms with Crippen molar-refractivity contribution in [2.45, 2.75) is 33.4 Å². The Balaban J connectivity index is 2.02. The Labute approximate surface area is 123 Å². The third-order valence-electron chi connectivity index (χ3n) is 3.63. The van der Waals surface area contributed by atoms with E-state index in [4.69, 9.17) is 0 Å². The van der Waals surface area contributed by atoms with Gasteiger partial charge in [-0.05, 0) is 29.2 Å². The van der Waals surface area contributed by atoms with Crippen LogP contribution in [0.2, 0.25) is 0 Å². The van der Waals surface area contributed by atoms with Crippen molar-refractivity contribution in [1.29, 1.82) is 0 Å². The molecule has 1 heterocycles. The van der Waals surface area contributed by atoms with Gasteiger partial charge in [0.2, 0.25) is 0 Å². The zero-order chi connectivity index (χ0) is 14.0. The molecule has 0 aliphatic carbocycles. The van der Waals surface area contributed by atoms with Crippen LogP contribution < -0.4 is 5.32 Å². The van der Waals surface area contributed by atoms with Crippen molar-refractivity contribution in [1.82, 2.24) is 10.2 Å². The predicted octanol–water partition coefficient (Wildman–Crippen LogP) is 3.41. The molecule has 0 aromatic heterocycles. The second-order valence-corrected chi connectivity index (χ2v) is 7.30. The number of piperazine rings is 1. The average Bonchev–Trinajstić information content (AvgIpc) is 2.26. The predicted molar refractivity (Wildman–Crippen MR) is 80.6 cm³/mol. The van der Waals surface area contributed by atoms with Gasteiger partial charge in [-0.2, -0.15) is 0 Å². The molecule has 106 valence electrons. The average molecular weight is 329 g/mol. The summed E-state index contributed by atoms with van der Waals surface area (Å²) in [5.41, 5.74) is 1.28. The van der Waals surface area contributed by atoms with Gasteiger partial charge < -0.3 is 5.32 Å². The largest absolute Gasteiger partial charge is 0.311 e. The molecule has 1 atom stereocenters. The van der Waals surface area contributed by atoms with Gasteiger partial charge in [0.1, 0.15) is 5.82 Å². The van der Waals surface area contributed by atoms with E-state index in [0.29, 0.717) is 6.04 Å². The van der Waals surface area contributed by atoms with E-state index in [-0.39, 0.29) is 11.2 Å². The molecule has 0 saturated carbocycles. The van der Waals surface area contributed by atoms with Crippen molar-refractivity contribution in [2.75, 3.05) is 19.6 Å². The molecule has 1 aromatic rings. The highest BCUT2D eigenvalue weighted by Crippen LogP contribution is 2.23. The maximum atomic E-state index is 13.4. The first-order chi connectivity index (χ1) is 8.84. The van der Waals surface area contributed by atoms with Gasteiger partial charge in [0.15, 0.2) is 0 Å². The Kier molecular flexibility index (Phi) is 4.64. The first kappa shape index (κ1) is 14.9. The Morgan fingerprint density at radius 1 is 1.37 bits per heavy atom. The number of hydrogen-bond donors (Lipinski definition) is 1. The highest BCUT2D eigenvalue weighted by molar-refractivity contribution is 9.10. The summed E-state index contributed by atoms with van der Waals surface area (Å²) in [4.78, 5) is 2.40. The van der Waals surface area contributed by atoms with Crippen LogP contribution in [0.15, 0.2) is 22.7 Å². The number of rotatable bonds is 2. The van der Waals surface area contributed by atoms with E-state index >= 15 is 0 Å². The van der Waals surface area contributed by atoms with Crippen molar-refractivity contribution in [3.8, 4) is 0 Å². The molecule has 0 spiro atoms. The number of halogens is 2. The van der Waals surface area contributed by atoms with Crippen LogP contribution in [0, 0.1) is 11.2 Å². The van der Waals surface area contributed by atoms with Crippen LogP contribution in [0.4, 0.5) is 4.39 Å². The standard InChI is InChI=1S/C15H22BrFN2/c1-15(2,3)14-10-19(5-4-18-14)9-11-6-12(16)8-13(17)7-11/h6-8,14,18H,4-5,9-10H2,1-3H3. The van der Waals surface area contributed by atoms with Crippen molar-refractivity contribution in [3.05, 3.63) is 34.1 Å². The van der Waals surface area contributed by atoms with Gasteiger partial charge >= 0.3 is 0 Å². The fraction of sp³-hybridized carbons (Fsp3) is 0.600. The highest BCUT2D eigenvalue weighted by atomic mass is 79.9. The summed E-state index contributed by atoms with van der Waals surface area (Å²) in [5.74, 6) is -0.174.